The molecule has 0 aromatic carbocycles. The number of hydrogen-bond acceptors (Lipinski definition) is 6. The Hall–Kier alpha value is -1.73. The number of carbonyl (C=O) groups is 1. The summed E-state index contributed by atoms with van der Waals surface area (Å²) in [6.45, 7) is 9.11. The highest BCUT2D eigenvalue weighted by atomic mass is 16.2. The number of hydrogen-bond donors (Lipinski definition) is 1. The van der Waals surface area contributed by atoms with Gasteiger partial charge in [0.05, 0.1) is 0 Å². The summed E-state index contributed by atoms with van der Waals surface area (Å²) >= 11 is 0. The Morgan fingerprint density at radius 3 is 2.70 bits per heavy atom. The van der Waals surface area contributed by atoms with E-state index < -0.39 is 0 Å². The fourth-order valence-corrected chi connectivity index (χ4v) is 5.24. The van der Waals surface area contributed by atoms with Crippen LogP contribution in [-0.2, 0) is 17.6 Å². The van der Waals surface area contributed by atoms with Gasteiger partial charge in [-0.05, 0) is 70.1 Å². The molecule has 2 heterocycles. The average Bonchev–Trinajstić information content (AvgIpc) is 2.69. The molecule has 30 heavy (non-hydrogen) atoms. The summed E-state index contributed by atoms with van der Waals surface area (Å²) in [4.78, 5) is 28.7. The Balaban J connectivity index is 1.69. The highest BCUT2D eigenvalue weighted by Crippen LogP contribution is 2.37. The Bertz CT molecular complexity index is 709. The number of rotatable bonds is 9. The number of aromatic nitrogens is 2. The minimum absolute atomic E-state index is 0.321. The zero-order valence-electron chi connectivity index (χ0n) is 19.3. The first-order valence-electron chi connectivity index (χ1n) is 11.7. The topological polar surface area (TPSA) is 78.6 Å². The van der Waals surface area contributed by atoms with E-state index in [0.717, 1.165) is 70.5 Å². The van der Waals surface area contributed by atoms with Gasteiger partial charge in [-0.1, -0.05) is 13.8 Å². The molecule has 1 fully saturated rings. The number of anilines is 1. The maximum Gasteiger partial charge on any atom is 0.222 e. The van der Waals surface area contributed by atoms with Gasteiger partial charge in [0.15, 0.2) is 0 Å². The van der Waals surface area contributed by atoms with Crippen molar-refractivity contribution in [2.75, 3.05) is 52.6 Å². The Morgan fingerprint density at radius 1 is 1.20 bits per heavy atom. The highest BCUT2D eigenvalue weighted by Gasteiger charge is 2.40. The predicted molar refractivity (Wildman–Crippen MR) is 121 cm³/mol. The number of carbonyl (C=O) groups excluding carboxylic acids is 1. The lowest BCUT2D eigenvalue weighted by Crippen LogP contribution is -2.53. The molecule has 1 aromatic heterocycles. The molecule has 0 unspecified atom stereocenters. The fourth-order valence-electron chi connectivity index (χ4n) is 5.24. The summed E-state index contributed by atoms with van der Waals surface area (Å²) in [5, 5.41) is 0. The maximum absolute atomic E-state index is 13.1. The molecular weight excluding hydrogens is 376 g/mol. The van der Waals surface area contributed by atoms with Crippen molar-refractivity contribution in [3.8, 4) is 0 Å². The maximum atomic E-state index is 13.1. The van der Waals surface area contributed by atoms with E-state index in [4.69, 9.17) is 5.73 Å². The Morgan fingerprint density at radius 2 is 2.00 bits per heavy atom. The van der Waals surface area contributed by atoms with Crippen molar-refractivity contribution in [3.63, 3.8) is 0 Å². The quantitative estimate of drug-likeness (QED) is 0.664. The lowest BCUT2D eigenvalue weighted by Gasteiger charge is -2.47. The van der Waals surface area contributed by atoms with Crippen LogP contribution in [0.1, 0.15) is 50.8 Å². The van der Waals surface area contributed by atoms with Crippen molar-refractivity contribution in [1.82, 2.24) is 24.7 Å². The summed E-state index contributed by atoms with van der Waals surface area (Å²) in [6.07, 6.45) is 7.79. The molecule has 3 rings (SSSR count). The first-order valence-corrected chi connectivity index (χ1v) is 11.7. The second-order valence-corrected chi connectivity index (χ2v) is 9.42. The summed E-state index contributed by atoms with van der Waals surface area (Å²) in [5.41, 5.74) is 8.21. The van der Waals surface area contributed by atoms with Crippen LogP contribution in [0.3, 0.4) is 0 Å². The van der Waals surface area contributed by atoms with Gasteiger partial charge in [-0.3, -0.25) is 9.69 Å². The van der Waals surface area contributed by atoms with E-state index >= 15 is 0 Å². The number of nitrogen functional groups attached to an aromatic ring is 1. The van der Waals surface area contributed by atoms with E-state index in [1.54, 1.807) is 0 Å². The second-order valence-electron chi connectivity index (χ2n) is 9.42. The van der Waals surface area contributed by atoms with Crippen LogP contribution in [0.5, 0.6) is 0 Å². The van der Waals surface area contributed by atoms with Gasteiger partial charge in [-0.2, -0.15) is 0 Å². The molecule has 7 heteroatoms. The van der Waals surface area contributed by atoms with E-state index in [0.29, 0.717) is 36.2 Å². The number of likely N-dealkylation sites (tertiary alicyclic amines) is 1. The number of piperidine rings is 1. The third-order valence-corrected chi connectivity index (χ3v) is 6.64. The molecule has 2 N–H and O–H groups in total. The van der Waals surface area contributed by atoms with Crippen LogP contribution < -0.4 is 5.73 Å². The van der Waals surface area contributed by atoms with E-state index in [1.807, 2.05) is 6.20 Å². The molecule has 2 aliphatic rings. The van der Waals surface area contributed by atoms with Crippen LogP contribution in [-0.4, -0.2) is 83.4 Å². The van der Waals surface area contributed by atoms with Crippen molar-refractivity contribution in [3.05, 3.63) is 17.5 Å². The zero-order valence-corrected chi connectivity index (χ0v) is 19.3. The number of fused-ring (bicyclic) bond motifs is 2. The van der Waals surface area contributed by atoms with Crippen molar-refractivity contribution in [2.24, 2.45) is 11.8 Å². The van der Waals surface area contributed by atoms with Crippen LogP contribution in [0, 0.1) is 11.8 Å². The lowest BCUT2D eigenvalue weighted by molar-refractivity contribution is -0.133. The smallest absolute Gasteiger partial charge is 0.222 e. The van der Waals surface area contributed by atoms with E-state index in [1.165, 1.54) is 5.56 Å². The number of likely N-dealkylation sites (N-methyl/N-ethyl adjacent to an activating group) is 1. The van der Waals surface area contributed by atoms with Gasteiger partial charge in [-0.25, -0.2) is 9.97 Å². The van der Waals surface area contributed by atoms with Crippen molar-refractivity contribution in [1.29, 1.82) is 0 Å². The lowest BCUT2D eigenvalue weighted by atomic mass is 9.73. The number of amides is 1. The normalized spacial score (nSPS) is 23.8. The van der Waals surface area contributed by atoms with Crippen molar-refractivity contribution < 1.29 is 4.79 Å². The molecule has 1 amide bonds. The van der Waals surface area contributed by atoms with Gasteiger partial charge in [0, 0.05) is 50.5 Å². The molecular formula is C23H40N6O. The fraction of sp³-hybridized carbons (Fsp3) is 0.783. The summed E-state index contributed by atoms with van der Waals surface area (Å²) < 4.78 is 0. The standard InChI is InChI=1S/C23H40N6O/c1-5-7-28(10-9-27(3)4)22(30)12-17-11-18-13-20-19(15-25-23(24)26-20)14-21(18)29(16-17)8-6-2/h15,17-18,21H,5-14,16H2,1-4H3,(H2,24,25,26)/t17-,18-,21-/m1/s1. The van der Waals surface area contributed by atoms with Gasteiger partial charge in [0.1, 0.15) is 0 Å². The summed E-state index contributed by atoms with van der Waals surface area (Å²) in [7, 11) is 4.13. The van der Waals surface area contributed by atoms with E-state index in [2.05, 4.69) is 52.6 Å². The van der Waals surface area contributed by atoms with E-state index in [9.17, 15) is 4.79 Å². The van der Waals surface area contributed by atoms with Gasteiger partial charge >= 0.3 is 0 Å². The summed E-state index contributed by atoms with van der Waals surface area (Å²) in [5.74, 6) is 1.66. The van der Waals surface area contributed by atoms with Gasteiger partial charge < -0.3 is 15.5 Å². The summed E-state index contributed by atoms with van der Waals surface area (Å²) in [6, 6.07) is 0.538. The molecule has 3 atom stereocenters. The van der Waals surface area contributed by atoms with Crippen molar-refractivity contribution in [2.45, 2.75) is 58.4 Å². The first-order chi connectivity index (χ1) is 14.4. The monoisotopic (exact) mass is 416 g/mol. The Kier molecular flexibility index (Phi) is 8.06. The minimum Gasteiger partial charge on any atom is -0.368 e. The minimum atomic E-state index is 0.321. The molecule has 1 aromatic rings. The van der Waals surface area contributed by atoms with Gasteiger partial charge in [0.2, 0.25) is 11.9 Å². The molecule has 0 spiro atoms. The Labute approximate surface area is 182 Å². The SMILES string of the molecule is CCCN(CCN(C)C)C(=O)C[C@H]1C[C@@H]2Cc3nc(N)ncc3C[C@H]2N(CCC)C1. The number of nitrogens with zero attached hydrogens (tertiary/aromatic N) is 5. The molecule has 1 saturated heterocycles. The van der Waals surface area contributed by atoms with Crippen molar-refractivity contribution >= 4 is 11.9 Å². The largest absolute Gasteiger partial charge is 0.368 e. The average molecular weight is 417 g/mol. The third kappa shape index (κ3) is 5.70. The molecule has 1 aliphatic heterocycles. The van der Waals surface area contributed by atoms with E-state index in [-0.39, 0.29) is 0 Å². The molecule has 0 saturated carbocycles. The predicted octanol–water partition coefficient (Wildman–Crippen LogP) is 2.06. The number of nitrogens with two attached hydrogens (primary N) is 1. The molecule has 0 radical (unpaired) electrons. The van der Waals surface area contributed by atoms with Crippen LogP contribution in [0.25, 0.3) is 0 Å². The molecule has 0 bridgehead atoms. The van der Waals surface area contributed by atoms with Gasteiger partial charge in [-0.15, -0.1) is 0 Å². The molecule has 1 aliphatic carbocycles. The van der Waals surface area contributed by atoms with Gasteiger partial charge in [0.25, 0.3) is 0 Å². The molecule has 168 valence electrons. The molecule has 7 nitrogen and oxygen atoms in total. The first kappa shape index (κ1) is 22.9. The van der Waals surface area contributed by atoms with Crippen LogP contribution in [0.2, 0.25) is 0 Å². The van der Waals surface area contributed by atoms with Crippen LogP contribution in [0.4, 0.5) is 5.95 Å². The zero-order chi connectivity index (χ0) is 21.7. The van der Waals surface area contributed by atoms with Crippen LogP contribution in [0.15, 0.2) is 6.20 Å². The van der Waals surface area contributed by atoms with Crippen LogP contribution >= 0.6 is 0 Å². The highest BCUT2D eigenvalue weighted by molar-refractivity contribution is 5.76. The second kappa shape index (κ2) is 10.5. The third-order valence-electron chi connectivity index (χ3n) is 6.64.